The van der Waals surface area contributed by atoms with Crippen molar-refractivity contribution in [3.63, 3.8) is 0 Å². The van der Waals surface area contributed by atoms with Crippen LogP contribution in [0.15, 0.2) is 24.3 Å². The van der Waals surface area contributed by atoms with Crippen molar-refractivity contribution in [2.45, 2.75) is 12.5 Å². The number of para-hydroxylation sites is 1. The fraction of sp³-hybridized carbons (Fsp3) is 0.600. The van der Waals surface area contributed by atoms with Gasteiger partial charge in [0.2, 0.25) is 10.0 Å². The Morgan fingerprint density at radius 2 is 1.97 bits per heavy atom. The molecule has 3 heterocycles. The molecule has 2 saturated heterocycles. The zero-order chi connectivity index (χ0) is 21.3. The van der Waals surface area contributed by atoms with Gasteiger partial charge in [-0.25, -0.2) is 8.42 Å². The third-order valence-electron chi connectivity index (χ3n) is 5.98. The molecule has 1 amide bonds. The van der Waals surface area contributed by atoms with Crippen LogP contribution in [0.2, 0.25) is 0 Å². The van der Waals surface area contributed by atoms with Gasteiger partial charge in [0, 0.05) is 57.7 Å². The van der Waals surface area contributed by atoms with Crippen molar-refractivity contribution in [3.05, 3.63) is 30.0 Å². The molecule has 0 spiro atoms. The Balaban J connectivity index is 1.46. The minimum absolute atomic E-state index is 0.143. The molecule has 0 N–H and O–H groups in total. The maximum atomic E-state index is 13.2. The summed E-state index contributed by atoms with van der Waals surface area (Å²) in [5, 5.41) is 5.25. The second-order valence-electron chi connectivity index (χ2n) is 8.01. The molecule has 0 bridgehead atoms. The van der Waals surface area contributed by atoms with Crippen LogP contribution in [0.1, 0.15) is 16.9 Å². The summed E-state index contributed by atoms with van der Waals surface area (Å²) in [6.07, 6.45) is 1.88. The smallest absolute Gasteiger partial charge is 0.275 e. The number of amides is 1. The first-order valence-corrected chi connectivity index (χ1v) is 12.2. The Labute approximate surface area is 177 Å². The van der Waals surface area contributed by atoms with Gasteiger partial charge >= 0.3 is 0 Å². The van der Waals surface area contributed by atoms with Crippen LogP contribution in [0.4, 0.5) is 0 Å². The highest BCUT2D eigenvalue weighted by molar-refractivity contribution is 7.88. The summed E-state index contributed by atoms with van der Waals surface area (Å²) in [7, 11) is -1.55. The number of aryl methyl sites for hydroxylation is 1. The molecule has 2 aromatic rings. The number of fused-ring (bicyclic) bond motifs is 1. The highest BCUT2D eigenvalue weighted by Gasteiger charge is 2.36. The zero-order valence-electron chi connectivity index (χ0n) is 17.5. The summed E-state index contributed by atoms with van der Waals surface area (Å²) in [6, 6.07) is 7.43. The third-order valence-corrected chi connectivity index (χ3v) is 7.32. The standard InChI is InChI=1S/C20H29N5O4S/c1-22-18-6-4-3-5-17(18)19(21-22)20(26)24-8-7-16(15-24)25(30(2,27)28)10-9-23-11-13-29-14-12-23/h3-6,16H,7-15H2,1-2H3. The second kappa shape index (κ2) is 8.62. The number of likely N-dealkylation sites (tertiary alicyclic amines) is 1. The molecule has 1 aromatic carbocycles. The quantitative estimate of drug-likeness (QED) is 0.652. The normalized spacial score (nSPS) is 21.0. The molecule has 1 atom stereocenters. The Bertz CT molecular complexity index is 1020. The van der Waals surface area contributed by atoms with Gasteiger partial charge in [-0.3, -0.25) is 14.4 Å². The number of hydrogen-bond donors (Lipinski definition) is 0. The summed E-state index contributed by atoms with van der Waals surface area (Å²) >= 11 is 0. The molecule has 4 rings (SSSR count). The maximum absolute atomic E-state index is 13.2. The molecule has 30 heavy (non-hydrogen) atoms. The summed E-state index contributed by atoms with van der Waals surface area (Å²) in [5.74, 6) is -0.143. The average Bonchev–Trinajstić information content (AvgIpc) is 3.33. The largest absolute Gasteiger partial charge is 0.379 e. The van der Waals surface area contributed by atoms with E-state index in [1.165, 1.54) is 6.26 Å². The van der Waals surface area contributed by atoms with Crippen LogP contribution in [-0.2, 0) is 21.8 Å². The van der Waals surface area contributed by atoms with E-state index in [0.717, 1.165) is 24.0 Å². The number of nitrogens with zero attached hydrogens (tertiary/aromatic N) is 5. The minimum atomic E-state index is -3.38. The van der Waals surface area contributed by atoms with Crippen LogP contribution in [0.25, 0.3) is 10.9 Å². The summed E-state index contributed by atoms with van der Waals surface area (Å²) in [4.78, 5) is 17.1. The first-order chi connectivity index (χ1) is 14.3. The van der Waals surface area contributed by atoms with Crippen LogP contribution >= 0.6 is 0 Å². The SMILES string of the molecule is Cn1nc(C(=O)N2CCC(N(CCN3CCOCC3)S(C)(=O)=O)C2)c2ccccc21. The van der Waals surface area contributed by atoms with Gasteiger partial charge in [-0.1, -0.05) is 18.2 Å². The molecular formula is C20H29N5O4S. The Morgan fingerprint density at radius 3 is 2.70 bits per heavy atom. The molecule has 1 unspecified atom stereocenters. The van der Waals surface area contributed by atoms with Gasteiger partial charge in [-0.05, 0) is 12.5 Å². The van der Waals surface area contributed by atoms with Crippen molar-refractivity contribution < 1.29 is 17.9 Å². The van der Waals surface area contributed by atoms with E-state index in [0.29, 0.717) is 51.5 Å². The van der Waals surface area contributed by atoms with E-state index < -0.39 is 10.0 Å². The van der Waals surface area contributed by atoms with Crippen molar-refractivity contribution in [1.29, 1.82) is 0 Å². The first kappa shape index (κ1) is 21.2. The van der Waals surface area contributed by atoms with E-state index in [2.05, 4.69) is 10.00 Å². The van der Waals surface area contributed by atoms with Crippen molar-refractivity contribution in [2.24, 2.45) is 7.05 Å². The van der Waals surface area contributed by atoms with E-state index >= 15 is 0 Å². The van der Waals surface area contributed by atoms with E-state index in [9.17, 15) is 13.2 Å². The van der Waals surface area contributed by atoms with Crippen LogP contribution in [-0.4, -0.2) is 103 Å². The number of sulfonamides is 1. The van der Waals surface area contributed by atoms with Gasteiger partial charge in [0.1, 0.15) is 0 Å². The molecule has 2 fully saturated rings. The van der Waals surface area contributed by atoms with Gasteiger partial charge in [0.15, 0.2) is 5.69 Å². The van der Waals surface area contributed by atoms with Crippen molar-refractivity contribution >= 4 is 26.8 Å². The van der Waals surface area contributed by atoms with Gasteiger partial charge in [0.05, 0.1) is 25.0 Å². The lowest BCUT2D eigenvalue weighted by Gasteiger charge is -2.31. The lowest BCUT2D eigenvalue weighted by atomic mass is 10.2. The molecule has 1 aromatic heterocycles. The number of hydrogen-bond acceptors (Lipinski definition) is 6. The van der Waals surface area contributed by atoms with Crippen molar-refractivity contribution in [2.75, 3.05) is 58.7 Å². The van der Waals surface area contributed by atoms with E-state index in [-0.39, 0.29) is 11.9 Å². The van der Waals surface area contributed by atoms with E-state index in [1.807, 2.05) is 31.3 Å². The topological polar surface area (TPSA) is 88.0 Å². The number of morpholine rings is 1. The maximum Gasteiger partial charge on any atom is 0.275 e. The van der Waals surface area contributed by atoms with E-state index in [4.69, 9.17) is 4.74 Å². The van der Waals surface area contributed by atoms with E-state index in [1.54, 1.807) is 13.9 Å². The third kappa shape index (κ3) is 4.36. The molecule has 0 radical (unpaired) electrons. The zero-order valence-corrected chi connectivity index (χ0v) is 18.3. The highest BCUT2D eigenvalue weighted by atomic mass is 32.2. The number of carbonyl (C=O) groups excluding carboxylic acids is 1. The molecule has 164 valence electrons. The molecule has 10 heteroatoms. The van der Waals surface area contributed by atoms with Gasteiger partial charge < -0.3 is 9.64 Å². The predicted molar refractivity (Wildman–Crippen MR) is 114 cm³/mol. The number of benzene rings is 1. The number of aromatic nitrogens is 2. The van der Waals surface area contributed by atoms with Crippen molar-refractivity contribution in [3.8, 4) is 0 Å². The summed E-state index contributed by atoms with van der Waals surface area (Å²) in [6.45, 7) is 5.02. The lowest BCUT2D eigenvalue weighted by Crippen LogP contribution is -2.47. The Morgan fingerprint density at radius 1 is 1.23 bits per heavy atom. The predicted octanol–water partition coefficient (Wildman–Crippen LogP) is 0.382. The fourth-order valence-corrected chi connectivity index (χ4v) is 5.49. The van der Waals surface area contributed by atoms with Gasteiger partial charge in [-0.2, -0.15) is 9.40 Å². The number of carbonyl (C=O) groups is 1. The monoisotopic (exact) mass is 435 g/mol. The van der Waals surface area contributed by atoms with Crippen LogP contribution in [0.3, 0.4) is 0 Å². The molecule has 0 saturated carbocycles. The molecule has 9 nitrogen and oxygen atoms in total. The Kier molecular flexibility index (Phi) is 6.10. The summed E-state index contributed by atoms with van der Waals surface area (Å²) in [5.41, 5.74) is 1.33. The molecule has 0 aliphatic carbocycles. The lowest BCUT2D eigenvalue weighted by molar-refractivity contribution is 0.0353. The molecule has 2 aliphatic rings. The van der Waals surface area contributed by atoms with Crippen LogP contribution in [0, 0.1) is 0 Å². The minimum Gasteiger partial charge on any atom is -0.379 e. The number of ether oxygens (including phenoxy) is 1. The van der Waals surface area contributed by atoms with Crippen LogP contribution < -0.4 is 0 Å². The molecular weight excluding hydrogens is 406 g/mol. The highest BCUT2D eigenvalue weighted by Crippen LogP contribution is 2.23. The molecule has 2 aliphatic heterocycles. The second-order valence-corrected chi connectivity index (χ2v) is 9.95. The average molecular weight is 436 g/mol. The van der Waals surface area contributed by atoms with Gasteiger partial charge in [0.25, 0.3) is 5.91 Å². The fourth-order valence-electron chi connectivity index (χ4n) is 4.37. The summed E-state index contributed by atoms with van der Waals surface area (Å²) < 4.78 is 33.6. The van der Waals surface area contributed by atoms with Crippen LogP contribution in [0.5, 0.6) is 0 Å². The number of rotatable bonds is 6. The first-order valence-electron chi connectivity index (χ1n) is 10.3. The van der Waals surface area contributed by atoms with Crippen molar-refractivity contribution in [1.82, 2.24) is 23.9 Å². The van der Waals surface area contributed by atoms with Gasteiger partial charge in [-0.15, -0.1) is 0 Å². The Hall–Kier alpha value is -2.01.